The molecule has 0 N–H and O–H groups in total. The Morgan fingerprint density at radius 2 is 2.12 bits per heavy atom. The lowest BCUT2D eigenvalue weighted by Crippen LogP contribution is -2.33. The molecule has 0 saturated heterocycles. The summed E-state index contributed by atoms with van der Waals surface area (Å²) in [7, 11) is 1.59. The highest BCUT2D eigenvalue weighted by Gasteiger charge is 2.32. The number of rotatable bonds is 4. The highest BCUT2D eigenvalue weighted by Crippen LogP contribution is 2.28. The van der Waals surface area contributed by atoms with Crippen LogP contribution in [0.4, 0.5) is 0 Å². The lowest BCUT2D eigenvalue weighted by molar-refractivity contribution is 0.0765. The zero-order valence-electron chi connectivity index (χ0n) is 9.72. The predicted octanol–water partition coefficient (Wildman–Crippen LogP) is 1.82. The van der Waals surface area contributed by atoms with Crippen LogP contribution < -0.4 is 4.74 Å². The first kappa shape index (κ1) is 11.5. The summed E-state index contributed by atoms with van der Waals surface area (Å²) in [4.78, 5) is 13.8. The molecule has 1 aromatic carbocycles. The quantitative estimate of drug-likeness (QED) is 0.741. The van der Waals surface area contributed by atoms with E-state index in [-0.39, 0.29) is 18.5 Å². The monoisotopic (exact) mass is 230 g/mol. The first-order chi connectivity index (χ1) is 8.26. The van der Waals surface area contributed by atoms with Gasteiger partial charge in [-0.05, 0) is 37.1 Å². The van der Waals surface area contributed by atoms with E-state index in [4.69, 9.17) is 10.00 Å². The van der Waals surface area contributed by atoms with Crippen molar-refractivity contribution in [1.29, 1.82) is 5.26 Å². The van der Waals surface area contributed by atoms with E-state index in [9.17, 15) is 4.79 Å². The Morgan fingerprint density at radius 1 is 1.47 bits per heavy atom. The Balaban J connectivity index is 2.14. The standard InChI is InChI=1S/C13H14N2O2/c1-17-12-6-2-10(3-7-12)13(16)15(9-8-14)11-4-5-11/h2-3,6-7,11H,4-5,9H2,1H3. The van der Waals surface area contributed by atoms with Gasteiger partial charge in [0, 0.05) is 11.6 Å². The van der Waals surface area contributed by atoms with Crippen LogP contribution in [0.5, 0.6) is 5.75 Å². The van der Waals surface area contributed by atoms with Gasteiger partial charge in [0.2, 0.25) is 0 Å². The van der Waals surface area contributed by atoms with Gasteiger partial charge in [0.05, 0.1) is 13.2 Å². The Kier molecular flexibility index (Phi) is 3.29. The number of hydrogen-bond donors (Lipinski definition) is 0. The summed E-state index contributed by atoms with van der Waals surface area (Å²) in [6.45, 7) is 0.162. The highest BCUT2D eigenvalue weighted by molar-refractivity contribution is 5.94. The maximum Gasteiger partial charge on any atom is 0.254 e. The van der Waals surface area contributed by atoms with Gasteiger partial charge in [-0.1, -0.05) is 0 Å². The van der Waals surface area contributed by atoms with Gasteiger partial charge in [0.1, 0.15) is 12.3 Å². The zero-order chi connectivity index (χ0) is 12.3. The molecule has 1 saturated carbocycles. The zero-order valence-corrected chi connectivity index (χ0v) is 9.72. The maximum atomic E-state index is 12.1. The van der Waals surface area contributed by atoms with Gasteiger partial charge in [0.15, 0.2) is 0 Å². The van der Waals surface area contributed by atoms with Crippen molar-refractivity contribution in [2.45, 2.75) is 18.9 Å². The average molecular weight is 230 g/mol. The average Bonchev–Trinajstić information content (AvgIpc) is 3.19. The van der Waals surface area contributed by atoms with E-state index in [0.29, 0.717) is 5.56 Å². The molecule has 1 fully saturated rings. The summed E-state index contributed by atoms with van der Waals surface area (Å²) in [5, 5.41) is 8.73. The summed E-state index contributed by atoms with van der Waals surface area (Å²) in [6.07, 6.45) is 2.01. The minimum absolute atomic E-state index is 0.0725. The van der Waals surface area contributed by atoms with Crippen molar-refractivity contribution < 1.29 is 9.53 Å². The van der Waals surface area contributed by atoms with Crippen LogP contribution in [0.1, 0.15) is 23.2 Å². The van der Waals surface area contributed by atoms with Crippen molar-refractivity contribution >= 4 is 5.91 Å². The van der Waals surface area contributed by atoms with Gasteiger partial charge in [-0.25, -0.2) is 0 Å². The van der Waals surface area contributed by atoms with Gasteiger partial charge in [0.25, 0.3) is 5.91 Å². The second kappa shape index (κ2) is 4.88. The second-order valence-electron chi connectivity index (χ2n) is 4.05. The van der Waals surface area contributed by atoms with E-state index < -0.39 is 0 Å². The fourth-order valence-corrected chi connectivity index (χ4v) is 1.73. The summed E-state index contributed by atoms with van der Waals surface area (Å²) in [6, 6.07) is 9.27. The minimum Gasteiger partial charge on any atom is -0.497 e. The molecule has 2 rings (SSSR count). The number of benzene rings is 1. The fraction of sp³-hybridized carbons (Fsp3) is 0.385. The molecule has 0 atom stereocenters. The van der Waals surface area contributed by atoms with Gasteiger partial charge < -0.3 is 9.64 Å². The van der Waals surface area contributed by atoms with Crippen molar-refractivity contribution in [3.8, 4) is 11.8 Å². The molecule has 0 spiro atoms. The molecule has 0 unspecified atom stereocenters. The number of ether oxygens (including phenoxy) is 1. The molecule has 1 aromatic rings. The number of nitriles is 1. The Bertz CT molecular complexity index is 443. The minimum atomic E-state index is -0.0725. The van der Waals surface area contributed by atoms with E-state index in [2.05, 4.69) is 0 Å². The summed E-state index contributed by atoms with van der Waals surface area (Å²) < 4.78 is 5.04. The molecule has 1 aliphatic rings. The third kappa shape index (κ3) is 2.56. The van der Waals surface area contributed by atoms with Gasteiger partial charge in [-0.3, -0.25) is 4.79 Å². The van der Waals surface area contributed by atoms with E-state index in [0.717, 1.165) is 18.6 Å². The molecule has 0 aliphatic heterocycles. The summed E-state index contributed by atoms with van der Waals surface area (Å²) >= 11 is 0. The van der Waals surface area contributed by atoms with E-state index in [1.165, 1.54) is 0 Å². The number of amides is 1. The van der Waals surface area contributed by atoms with Crippen molar-refractivity contribution in [3.05, 3.63) is 29.8 Å². The summed E-state index contributed by atoms with van der Waals surface area (Å²) in [5.74, 6) is 0.650. The summed E-state index contributed by atoms with van der Waals surface area (Å²) in [5.41, 5.74) is 0.605. The third-order valence-corrected chi connectivity index (χ3v) is 2.83. The molecular weight excluding hydrogens is 216 g/mol. The van der Waals surface area contributed by atoms with Crippen LogP contribution in [-0.2, 0) is 0 Å². The van der Waals surface area contributed by atoms with Crippen molar-refractivity contribution in [3.63, 3.8) is 0 Å². The molecule has 17 heavy (non-hydrogen) atoms. The first-order valence-corrected chi connectivity index (χ1v) is 5.58. The normalized spacial score (nSPS) is 13.9. The van der Waals surface area contributed by atoms with E-state index in [1.54, 1.807) is 36.3 Å². The topological polar surface area (TPSA) is 53.3 Å². The molecule has 0 bridgehead atoms. The van der Waals surface area contributed by atoms with Gasteiger partial charge in [-0.2, -0.15) is 5.26 Å². The van der Waals surface area contributed by atoms with Crippen LogP contribution in [0.2, 0.25) is 0 Å². The lowest BCUT2D eigenvalue weighted by atomic mass is 10.2. The first-order valence-electron chi connectivity index (χ1n) is 5.58. The molecule has 0 heterocycles. The molecule has 88 valence electrons. The van der Waals surface area contributed by atoms with Crippen LogP contribution >= 0.6 is 0 Å². The van der Waals surface area contributed by atoms with Crippen LogP contribution in [-0.4, -0.2) is 30.5 Å². The van der Waals surface area contributed by atoms with Gasteiger partial charge in [-0.15, -0.1) is 0 Å². The molecular formula is C13H14N2O2. The number of nitrogens with zero attached hydrogens (tertiary/aromatic N) is 2. The molecule has 1 aliphatic carbocycles. The Labute approximate surface area is 100 Å². The molecule has 0 radical (unpaired) electrons. The molecule has 1 amide bonds. The smallest absolute Gasteiger partial charge is 0.254 e. The van der Waals surface area contributed by atoms with Crippen molar-refractivity contribution in [2.24, 2.45) is 0 Å². The van der Waals surface area contributed by atoms with Crippen molar-refractivity contribution in [1.82, 2.24) is 4.90 Å². The number of hydrogen-bond acceptors (Lipinski definition) is 3. The number of carbonyl (C=O) groups excluding carboxylic acids is 1. The lowest BCUT2D eigenvalue weighted by Gasteiger charge is -2.18. The number of carbonyl (C=O) groups is 1. The van der Waals surface area contributed by atoms with Crippen LogP contribution in [0.25, 0.3) is 0 Å². The molecule has 4 nitrogen and oxygen atoms in total. The largest absolute Gasteiger partial charge is 0.497 e. The predicted molar refractivity (Wildman–Crippen MR) is 62.7 cm³/mol. The Morgan fingerprint density at radius 3 is 2.59 bits per heavy atom. The Hall–Kier alpha value is -2.02. The number of methoxy groups -OCH3 is 1. The van der Waals surface area contributed by atoms with Crippen LogP contribution in [0, 0.1) is 11.3 Å². The highest BCUT2D eigenvalue weighted by atomic mass is 16.5. The third-order valence-electron chi connectivity index (χ3n) is 2.83. The van der Waals surface area contributed by atoms with Crippen LogP contribution in [0.15, 0.2) is 24.3 Å². The fourth-order valence-electron chi connectivity index (χ4n) is 1.73. The van der Waals surface area contributed by atoms with E-state index >= 15 is 0 Å². The SMILES string of the molecule is COc1ccc(C(=O)N(CC#N)C2CC2)cc1. The van der Waals surface area contributed by atoms with Crippen LogP contribution in [0.3, 0.4) is 0 Å². The van der Waals surface area contributed by atoms with E-state index in [1.807, 2.05) is 6.07 Å². The second-order valence-corrected chi connectivity index (χ2v) is 4.05. The van der Waals surface area contributed by atoms with Gasteiger partial charge >= 0.3 is 0 Å². The molecule has 0 aromatic heterocycles. The molecule has 4 heteroatoms. The maximum absolute atomic E-state index is 12.1. The van der Waals surface area contributed by atoms with Crippen molar-refractivity contribution in [2.75, 3.05) is 13.7 Å².